The van der Waals surface area contributed by atoms with Gasteiger partial charge in [-0.15, -0.1) is 0 Å². The Morgan fingerprint density at radius 1 is 1.04 bits per heavy atom. The van der Waals surface area contributed by atoms with E-state index in [1.165, 1.54) is 0 Å². The van der Waals surface area contributed by atoms with Crippen molar-refractivity contribution in [1.82, 2.24) is 14.1 Å². The zero-order valence-electron chi connectivity index (χ0n) is 16.4. The lowest BCUT2D eigenvalue weighted by atomic mass is 9.93. The number of carbonyl (C=O) groups is 1. The van der Waals surface area contributed by atoms with Gasteiger partial charge in [0.05, 0.1) is 4.90 Å². The van der Waals surface area contributed by atoms with Crippen LogP contribution in [0.15, 0.2) is 29.2 Å². The number of nitrogens with zero attached hydrogens (tertiary/aromatic N) is 3. The third-order valence-corrected chi connectivity index (χ3v) is 7.97. The molecule has 2 heterocycles. The number of rotatable bonds is 5. The predicted molar refractivity (Wildman–Crippen MR) is 106 cm³/mol. The van der Waals surface area contributed by atoms with Gasteiger partial charge in [0.2, 0.25) is 15.9 Å². The summed E-state index contributed by atoms with van der Waals surface area (Å²) in [6.45, 7) is 6.46. The number of hydrogen-bond donors (Lipinski definition) is 0. The first-order chi connectivity index (χ1) is 12.9. The lowest BCUT2D eigenvalue weighted by Gasteiger charge is -2.34. The molecule has 0 atom stereocenters. The molecule has 0 bridgehead atoms. The van der Waals surface area contributed by atoms with Crippen LogP contribution in [0.4, 0.5) is 0 Å². The molecule has 2 fully saturated rings. The molecule has 6 nitrogen and oxygen atoms in total. The fourth-order valence-corrected chi connectivity index (χ4v) is 5.66. The molecular formula is C20H31N3O3S. The second-order valence-corrected chi connectivity index (χ2v) is 9.74. The van der Waals surface area contributed by atoms with Crippen LogP contribution in [0.5, 0.6) is 0 Å². The molecule has 7 heteroatoms. The SMILES string of the molecule is Cc1ccccc1S(=O)(=O)N1CCC(CCC(=O)N2CCN(C)CC2)CC1. The van der Waals surface area contributed by atoms with E-state index in [9.17, 15) is 13.2 Å². The Bertz CT molecular complexity index is 749. The standard InChI is InChI=1S/C20H31N3O3S/c1-17-5-3-4-6-19(17)27(25,26)23-11-9-18(10-12-23)7-8-20(24)22-15-13-21(2)14-16-22/h3-6,18H,7-16H2,1-2H3. The minimum Gasteiger partial charge on any atom is -0.340 e. The molecule has 3 rings (SSSR count). The molecule has 0 saturated carbocycles. The zero-order valence-corrected chi connectivity index (χ0v) is 17.2. The highest BCUT2D eigenvalue weighted by Crippen LogP contribution is 2.27. The number of carbonyl (C=O) groups excluding carboxylic acids is 1. The zero-order chi connectivity index (χ0) is 19.4. The molecule has 0 unspecified atom stereocenters. The van der Waals surface area contributed by atoms with E-state index in [4.69, 9.17) is 0 Å². The quantitative estimate of drug-likeness (QED) is 0.767. The molecule has 2 aliphatic rings. The summed E-state index contributed by atoms with van der Waals surface area (Å²) in [4.78, 5) is 17.0. The van der Waals surface area contributed by atoms with Crippen molar-refractivity contribution in [3.8, 4) is 0 Å². The Morgan fingerprint density at radius 2 is 1.67 bits per heavy atom. The van der Waals surface area contributed by atoms with Gasteiger partial charge in [-0.1, -0.05) is 18.2 Å². The molecule has 27 heavy (non-hydrogen) atoms. The van der Waals surface area contributed by atoms with Crippen molar-refractivity contribution in [2.45, 2.75) is 37.5 Å². The lowest BCUT2D eigenvalue weighted by Crippen LogP contribution is -2.47. The van der Waals surface area contributed by atoms with Crippen LogP contribution in [0.1, 0.15) is 31.2 Å². The molecule has 0 N–H and O–H groups in total. The number of amides is 1. The van der Waals surface area contributed by atoms with Crippen molar-refractivity contribution < 1.29 is 13.2 Å². The van der Waals surface area contributed by atoms with E-state index in [1.807, 2.05) is 24.0 Å². The summed E-state index contributed by atoms with van der Waals surface area (Å²) in [6, 6.07) is 7.16. The first-order valence-corrected chi connectivity index (χ1v) is 11.3. The van der Waals surface area contributed by atoms with Crippen LogP contribution in [0, 0.1) is 12.8 Å². The number of piperazine rings is 1. The Balaban J connectivity index is 1.48. The van der Waals surface area contributed by atoms with Crippen LogP contribution in [0.25, 0.3) is 0 Å². The van der Waals surface area contributed by atoms with Crippen molar-refractivity contribution in [2.24, 2.45) is 5.92 Å². The molecule has 1 aromatic rings. The van der Waals surface area contributed by atoms with Crippen molar-refractivity contribution >= 4 is 15.9 Å². The summed E-state index contributed by atoms with van der Waals surface area (Å²) in [7, 11) is -1.33. The molecule has 0 radical (unpaired) electrons. The monoisotopic (exact) mass is 393 g/mol. The first kappa shape index (κ1) is 20.3. The number of likely N-dealkylation sites (N-methyl/N-ethyl adjacent to an activating group) is 1. The molecule has 0 spiro atoms. The van der Waals surface area contributed by atoms with Crippen LogP contribution >= 0.6 is 0 Å². The molecule has 1 aromatic carbocycles. The average Bonchev–Trinajstić information content (AvgIpc) is 2.67. The summed E-state index contributed by atoms with van der Waals surface area (Å²) in [5, 5.41) is 0. The minimum atomic E-state index is -3.42. The van der Waals surface area contributed by atoms with Gasteiger partial charge in [-0.2, -0.15) is 4.31 Å². The van der Waals surface area contributed by atoms with Crippen molar-refractivity contribution in [3.05, 3.63) is 29.8 Å². The number of benzene rings is 1. The fourth-order valence-electron chi connectivity index (χ4n) is 3.96. The molecule has 150 valence electrons. The number of sulfonamides is 1. The van der Waals surface area contributed by atoms with Crippen LogP contribution < -0.4 is 0 Å². The van der Waals surface area contributed by atoms with Gasteiger partial charge in [-0.3, -0.25) is 4.79 Å². The Hall–Kier alpha value is -1.44. The number of aryl methyl sites for hydroxylation is 1. The lowest BCUT2D eigenvalue weighted by molar-refractivity contribution is -0.133. The number of hydrogen-bond acceptors (Lipinski definition) is 4. The number of piperidine rings is 1. The Labute approximate surface area is 163 Å². The van der Waals surface area contributed by atoms with Crippen molar-refractivity contribution in [2.75, 3.05) is 46.3 Å². The van der Waals surface area contributed by atoms with Crippen LogP contribution in [0.2, 0.25) is 0 Å². The van der Waals surface area contributed by atoms with Crippen LogP contribution in [0.3, 0.4) is 0 Å². The van der Waals surface area contributed by atoms with Crippen LogP contribution in [-0.2, 0) is 14.8 Å². The van der Waals surface area contributed by atoms with E-state index in [1.54, 1.807) is 16.4 Å². The molecule has 2 aliphatic heterocycles. The van der Waals surface area contributed by atoms with Gasteiger partial charge >= 0.3 is 0 Å². The molecule has 0 aromatic heterocycles. The fraction of sp³-hybridized carbons (Fsp3) is 0.650. The summed E-state index contributed by atoms with van der Waals surface area (Å²) < 4.78 is 27.4. The van der Waals surface area contributed by atoms with Crippen LogP contribution in [-0.4, -0.2) is 74.7 Å². The highest BCUT2D eigenvalue weighted by Gasteiger charge is 2.30. The van der Waals surface area contributed by atoms with E-state index in [-0.39, 0.29) is 5.91 Å². The van der Waals surface area contributed by atoms with Gasteiger partial charge in [-0.05, 0) is 50.8 Å². The maximum Gasteiger partial charge on any atom is 0.243 e. The van der Waals surface area contributed by atoms with E-state index < -0.39 is 10.0 Å². The highest BCUT2D eigenvalue weighted by atomic mass is 32.2. The normalized spacial score (nSPS) is 20.7. The topological polar surface area (TPSA) is 60.9 Å². The van der Waals surface area contributed by atoms with Crippen molar-refractivity contribution in [1.29, 1.82) is 0 Å². The first-order valence-electron chi connectivity index (χ1n) is 9.90. The Kier molecular flexibility index (Phi) is 6.55. The van der Waals surface area contributed by atoms with Gasteiger partial charge in [0, 0.05) is 45.7 Å². The maximum atomic E-state index is 12.9. The summed E-state index contributed by atoms with van der Waals surface area (Å²) in [5.74, 6) is 0.683. The van der Waals surface area contributed by atoms with E-state index in [0.29, 0.717) is 30.3 Å². The summed E-state index contributed by atoms with van der Waals surface area (Å²) in [5.41, 5.74) is 0.789. The minimum absolute atomic E-state index is 0.248. The van der Waals surface area contributed by atoms with Gasteiger partial charge in [0.25, 0.3) is 0 Å². The van der Waals surface area contributed by atoms with Gasteiger partial charge in [0.15, 0.2) is 0 Å². The van der Waals surface area contributed by atoms with Gasteiger partial charge in [0.1, 0.15) is 0 Å². The molecule has 0 aliphatic carbocycles. The van der Waals surface area contributed by atoms with Gasteiger partial charge in [-0.25, -0.2) is 8.42 Å². The second kappa shape index (κ2) is 8.71. The predicted octanol–water partition coefficient (Wildman–Crippen LogP) is 1.95. The average molecular weight is 394 g/mol. The molecule has 1 amide bonds. The third-order valence-electron chi connectivity index (χ3n) is 5.91. The van der Waals surface area contributed by atoms with E-state index in [0.717, 1.165) is 51.0 Å². The third kappa shape index (κ3) is 4.89. The van der Waals surface area contributed by atoms with Gasteiger partial charge < -0.3 is 9.80 Å². The second-order valence-electron chi connectivity index (χ2n) is 7.84. The Morgan fingerprint density at radius 3 is 2.30 bits per heavy atom. The summed E-state index contributed by atoms with van der Waals surface area (Å²) >= 11 is 0. The maximum absolute atomic E-state index is 12.9. The molecule has 2 saturated heterocycles. The van der Waals surface area contributed by atoms with E-state index in [2.05, 4.69) is 11.9 Å². The largest absolute Gasteiger partial charge is 0.340 e. The van der Waals surface area contributed by atoms with E-state index >= 15 is 0 Å². The highest BCUT2D eigenvalue weighted by molar-refractivity contribution is 7.89. The molecular weight excluding hydrogens is 362 g/mol. The smallest absolute Gasteiger partial charge is 0.243 e. The van der Waals surface area contributed by atoms with Crippen molar-refractivity contribution in [3.63, 3.8) is 0 Å². The summed E-state index contributed by atoms with van der Waals surface area (Å²) in [6.07, 6.45) is 3.12.